The fourth-order valence-corrected chi connectivity index (χ4v) is 5.63. The molecule has 4 aromatic rings. The highest BCUT2D eigenvalue weighted by atomic mass is 16.5. The zero-order valence-corrected chi connectivity index (χ0v) is 23.3. The Hall–Kier alpha value is -3.44. The maximum absolute atomic E-state index is 12.9. The van der Waals surface area contributed by atoms with Crippen LogP contribution in [0.1, 0.15) is 63.8 Å². The molecule has 0 saturated carbocycles. The lowest BCUT2D eigenvalue weighted by atomic mass is 10.0. The second-order valence-electron chi connectivity index (χ2n) is 11.3. The monoisotopic (exact) mass is 510 g/mol. The Morgan fingerprint density at radius 2 is 1.82 bits per heavy atom. The van der Waals surface area contributed by atoms with Crippen LogP contribution in [0.4, 0.5) is 0 Å². The average molecular weight is 511 g/mol. The van der Waals surface area contributed by atoms with Crippen LogP contribution in [0.3, 0.4) is 0 Å². The molecular weight excluding hydrogens is 470 g/mol. The molecule has 0 bridgehead atoms. The van der Waals surface area contributed by atoms with Crippen LogP contribution in [0, 0.1) is 13.8 Å². The number of unbranched alkanes of at least 4 members (excludes halogenated alkanes) is 1. The predicted octanol–water partition coefficient (Wildman–Crippen LogP) is 6.56. The molecule has 0 spiro atoms. The first-order valence-electron chi connectivity index (χ1n) is 14.0. The third-order valence-electron chi connectivity index (χ3n) is 7.98. The number of benzene rings is 2. The van der Waals surface area contributed by atoms with Gasteiger partial charge in [0.2, 0.25) is 6.73 Å². The summed E-state index contributed by atoms with van der Waals surface area (Å²) in [5, 5.41) is 1.33. The van der Waals surface area contributed by atoms with Crippen LogP contribution >= 0.6 is 0 Å². The molecule has 198 valence electrons. The normalized spacial score (nSPS) is 16.9. The van der Waals surface area contributed by atoms with Crippen LogP contribution in [-0.2, 0) is 37.1 Å². The van der Waals surface area contributed by atoms with Gasteiger partial charge in [0.25, 0.3) is 0 Å². The van der Waals surface area contributed by atoms with Crippen LogP contribution in [0.15, 0.2) is 60.8 Å². The highest BCUT2D eigenvalue weighted by Gasteiger charge is 2.34. The number of ether oxygens (including phenoxy) is 1. The van der Waals surface area contributed by atoms with Gasteiger partial charge in [-0.25, -0.2) is 4.79 Å². The van der Waals surface area contributed by atoms with Gasteiger partial charge in [0.1, 0.15) is 6.54 Å². The molecule has 5 heteroatoms. The molecule has 0 amide bonds. The standard InChI is InChI=1S/C33H40N3O2/c1-5-6-7-26-11-13-28(14-12-26)33(37)38-23-36(4)19-17-32-30(22-36)29-20-24(2)8-15-31(29)35(32)18-16-27-10-9-25(3)34-21-27/h8-15,20-21H,5-7,16-19,22-23H2,1-4H3/q+1. The summed E-state index contributed by atoms with van der Waals surface area (Å²) in [6.07, 6.45) is 7.32. The number of hydrogen-bond donors (Lipinski definition) is 0. The molecule has 5 rings (SSSR count). The lowest BCUT2D eigenvalue weighted by molar-refractivity contribution is -0.939. The first-order valence-corrected chi connectivity index (χ1v) is 14.0. The highest BCUT2D eigenvalue weighted by molar-refractivity contribution is 5.89. The number of aryl methyl sites for hydroxylation is 5. The highest BCUT2D eigenvalue weighted by Crippen LogP contribution is 2.34. The minimum absolute atomic E-state index is 0.234. The number of carbonyl (C=O) groups is 1. The number of hydrogen-bond acceptors (Lipinski definition) is 3. The Balaban J connectivity index is 1.32. The third-order valence-corrected chi connectivity index (χ3v) is 7.98. The molecule has 1 aliphatic rings. The molecule has 2 aromatic heterocycles. The fraction of sp³-hybridized carbons (Fsp3) is 0.394. The van der Waals surface area contributed by atoms with Gasteiger partial charge >= 0.3 is 5.97 Å². The van der Waals surface area contributed by atoms with E-state index in [-0.39, 0.29) is 5.97 Å². The quantitative estimate of drug-likeness (QED) is 0.189. The van der Waals surface area contributed by atoms with Crippen molar-refractivity contribution >= 4 is 16.9 Å². The largest absolute Gasteiger partial charge is 0.411 e. The summed E-state index contributed by atoms with van der Waals surface area (Å²) < 4.78 is 9.09. The topological polar surface area (TPSA) is 44.1 Å². The first-order chi connectivity index (χ1) is 18.3. The molecule has 38 heavy (non-hydrogen) atoms. The molecule has 1 unspecified atom stereocenters. The van der Waals surface area contributed by atoms with E-state index in [0.717, 1.165) is 44.6 Å². The number of esters is 1. The van der Waals surface area contributed by atoms with Crippen molar-refractivity contribution in [3.8, 4) is 0 Å². The van der Waals surface area contributed by atoms with Gasteiger partial charge in [0.15, 0.2) is 0 Å². The Labute approximate surface area is 226 Å². The summed E-state index contributed by atoms with van der Waals surface area (Å²) in [6, 6.07) is 19.0. The molecule has 0 aliphatic carbocycles. The van der Waals surface area contributed by atoms with Gasteiger partial charge in [-0.1, -0.05) is 43.2 Å². The van der Waals surface area contributed by atoms with E-state index >= 15 is 0 Å². The number of quaternary nitrogens is 1. The van der Waals surface area contributed by atoms with Crippen molar-refractivity contribution in [1.29, 1.82) is 0 Å². The van der Waals surface area contributed by atoms with Gasteiger partial charge in [-0.3, -0.25) is 9.47 Å². The van der Waals surface area contributed by atoms with E-state index in [9.17, 15) is 4.79 Å². The Morgan fingerprint density at radius 1 is 1.03 bits per heavy atom. The van der Waals surface area contributed by atoms with Crippen LogP contribution < -0.4 is 0 Å². The second-order valence-corrected chi connectivity index (χ2v) is 11.3. The molecule has 5 nitrogen and oxygen atoms in total. The molecule has 2 aromatic carbocycles. The van der Waals surface area contributed by atoms with Gasteiger partial charge in [-0.15, -0.1) is 0 Å². The number of aromatic nitrogens is 2. The van der Waals surface area contributed by atoms with Crippen LogP contribution in [0.25, 0.3) is 10.9 Å². The minimum atomic E-state index is -0.234. The number of nitrogens with zero attached hydrogens (tertiary/aromatic N) is 3. The average Bonchev–Trinajstić information content (AvgIpc) is 3.22. The van der Waals surface area contributed by atoms with Crippen LogP contribution in [0.5, 0.6) is 0 Å². The first kappa shape index (κ1) is 26.2. The summed E-state index contributed by atoms with van der Waals surface area (Å²) in [4.78, 5) is 17.3. The molecular formula is C33H40N3O2+. The van der Waals surface area contributed by atoms with Crippen molar-refractivity contribution in [3.05, 3.63) is 100.0 Å². The third kappa shape index (κ3) is 5.68. The lowest BCUT2D eigenvalue weighted by Crippen LogP contribution is -2.49. The van der Waals surface area contributed by atoms with E-state index in [0.29, 0.717) is 16.8 Å². The Kier molecular flexibility index (Phi) is 7.66. The van der Waals surface area contributed by atoms with E-state index < -0.39 is 0 Å². The molecule has 3 heterocycles. The molecule has 0 fully saturated rings. The minimum Gasteiger partial charge on any atom is -0.411 e. The molecule has 1 aliphatic heterocycles. The fourth-order valence-electron chi connectivity index (χ4n) is 5.63. The number of rotatable bonds is 9. The van der Waals surface area contributed by atoms with Crippen molar-refractivity contribution in [3.63, 3.8) is 0 Å². The number of carbonyl (C=O) groups excluding carboxylic acids is 1. The summed E-state index contributed by atoms with van der Waals surface area (Å²) >= 11 is 0. The summed E-state index contributed by atoms with van der Waals surface area (Å²) in [7, 11) is 2.21. The van der Waals surface area contributed by atoms with Gasteiger partial charge in [0, 0.05) is 47.0 Å². The smallest absolute Gasteiger partial charge is 0.342 e. The summed E-state index contributed by atoms with van der Waals surface area (Å²) in [5.74, 6) is -0.234. The number of pyridine rings is 1. The van der Waals surface area contributed by atoms with Crippen molar-refractivity contribution in [1.82, 2.24) is 9.55 Å². The second kappa shape index (κ2) is 11.1. The predicted molar refractivity (Wildman–Crippen MR) is 153 cm³/mol. The zero-order chi connectivity index (χ0) is 26.7. The SMILES string of the molecule is CCCCc1ccc(C(=O)OC[N+]2(C)CCc3c(c4cc(C)ccc4n3CCc3ccc(C)nc3)C2)cc1. The lowest BCUT2D eigenvalue weighted by Gasteiger charge is -2.37. The molecule has 0 radical (unpaired) electrons. The Bertz CT molecular complexity index is 1420. The van der Waals surface area contributed by atoms with Crippen molar-refractivity contribution in [2.45, 2.75) is 66.0 Å². The summed E-state index contributed by atoms with van der Waals surface area (Å²) in [6.45, 7) is 9.50. The zero-order valence-electron chi connectivity index (χ0n) is 23.3. The maximum Gasteiger partial charge on any atom is 0.342 e. The van der Waals surface area contributed by atoms with Gasteiger partial charge in [-0.05, 0) is 74.6 Å². The van der Waals surface area contributed by atoms with E-state index in [1.165, 1.54) is 51.7 Å². The van der Waals surface area contributed by atoms with Gasteiger partial charge in [-0.2, -0.15) is 0 Å². The maximum atomic E-state index is 12.9. The molecule has 0 saturated heterocycles. The Morgan fingerprint density at radius 3 is 2.55 bits per heavy atom. The van der Waals surface area contributed by atoms with E-state index in [1.807, 2.05) is 25.3 Å². The number of likely N-dealkylation sites (N-methyl/N-ethyl adjacent to an activating group) is 1. The number of fused-ring (bicyclic) bond motifs is 3. The van der Waals surface area contributed by atoms with E-state index in [1.54, 1.807) is 0 Å². The van der Waals surface area contributed by atoms with Gasteiger partial charge < -0.3 is 9.30 Å². The molecule has 1 atom stereocenters. The van der Waals surface area contributed by atoms with Crippen molar-refractivity contribution in [2.24, 2.45) is 0 Å². The molecule has 0 N–H and O–H groups in total. The van der Waals surface area contributed by atoms with Gasteiger partial charge in [0.05, 0.1) is 19.2 Å². The van der Waals surface area contributed by atoms with Crippen molar-refractivity contribution in [2.75, 3.05) is 20.3 Å². The van der Waals surface area contributed by atoms with E-state index in [2.05, 4.69) is 72.9 Å². The van der Waals surface area contributed by atoms with Crippen molar-refractivity contribution < 1.29 is 14.0 Å². The van der Waals surface area contributed by atoms with Crippen LogP contribution in [0.2, 0.25) is 0 Å². The summed E-state index contributed by atoms with van der Waals surface area (Å²) in [5.41, 5.74) is 9.62. The van der Waals surface area contributed by atoms with E-state index in [4.69, 9.17) is 4.74 Å². The van der Waals surface area contributed by atoms with Crippen LogP contribution in [-0.4, -0.2) is 40.3 Å².